The summed E-state index contributed by atoms with van der Waals surface area (Å²) in [5.74, 6) is 2.67. The van der Waals surface area contributed by atoms with Crippen molar-refractivity contribution < 1.29 is 0 Å². The van der Waals surface area contributed by atoms with Gasteiger partial charge in [0.1, 0.15) is 11.6 Å². The molecular weight excluding hydrogens is 447 g/mol. The third kappa shape index (κ3) is 4.72. The third-order valence-corrected chi connectivity index (χ3v) is 5.64. The summed E-state index contributed by atoms with van der Waals surface area (Å²) < 4.78 is 2.01. The van der Waals surface area contributed by atoms with Crippen molar-refractivity contribution in [3.05, 3.63) is 34.0 Å². The number of thiophene rings is 1. The van der Waals surface area contributed by atoms with Gasteiger partial charge in [-0.1, -0.05) is 19.9 Å². The molecule has 0 radical (unpaired) electrons. The third-order valence-electron chi connectivity index (χ3n) is 4.40. The lowest BCUT2D eigenvalue weighted by molar-refractivity contribution is 0.396. The molecule has 1 unspecified atom stereocenters. The number of halogens is 1. The van der Waals surface area contributed by atoms with Gasteiger partial charge in [0.25, 0.3) is 0 Å². The Morgan fingerprint density at radius 2 is 2.28 bits per heavy atom. The van der Waals surface area contributed by atoms with Gasteiger partial charge in [0.2, 0.25) is 0 Å². The van der Waals surface area contributed by atoms with Gasteiger partial charge in [0.05, 0.1) is 6.04 Å². The standard InChI is InChI=1S/C17H26N6S.HI/c1-12-20-15-13(7-5-9-23(15)22-12)21-16(18-4)19-11-17(2,3)14-8-6-10-24-14;/h6,8,10,13H,5,7,9,11H2,1-4H3,(H2,18,19,21);1H. The molecule has 138 valence electrons. The van der Waals surface area contributed by atoms with E-state index in [2.05, 4.69) is 57.1 Å². The first-order chi connectivity index (χ1) is 11.5. The molecule has 3 rings (SSSR count). The van der Waals surface area contributed by atoms with Crippen LogP contribution in [0.1, 0.15) is 49.3 Å². The van der Waals surface area contributed by atoms with E-state index in [4.69, 9.17) is 0 Å². The normalized spacial score (nSPS) is 17.6. The predicted molar refractivity (Wildman–Crippen MR) is 114 cm³/mol. The number of fused-ring (bicyclic) bond motifs is 1. The predicted octanol–water partition coefficient (Wildman–Crippen LogP) is 3.24. The van der Waals surface area contributed by atoms with Crippen molar-refractivity contribution >= 4 is 41.3 Å². The summed E-state index contributed by atoms with van der Waals surface area (Å²) in [6.45, 7) is 8.22. The van der Waals surface area contributed by atoms with Crippen LogP contribution in [0.4, 0.5) is 0 Å². The molecule has 2 aromatic rings. The zero-order valence-electron chi connectivity index (χ0n) is 15.2. The number of guanidine groups is 1. The molecule has 1 aliphatic rings. The molecule has 1 atom stereocenters. The summed E-state index contributed by atoms with van der Waals surface area (Å²) in [4.78, 5) is 10.3. The van der Waals surface area contributed by atoms with Crippen molar-refractivity contribution in [1.82, 2.24) is 25.4 Å². The highest BCUT2D eigenvalue weighted by molar-refractivity contribution is 14.0. The van der Waals surface area contributed by atoms with Gasteiger partial charge in [-0.15, -0.1) is 35.3 Å². The average molecular weight is 474 g/mol. The molecule has 0 spiro atoms. The van der Waals surface area contributed by atoms with Crippen molar-refractivity contribution in [3.63, 3.8) is 0 Å². The van der Waals surface area contributed by atoms with Gasteiger partial charge < -0.3 is 10.6 Å². The fourth-order valence-corrected chi connectivity index (χ4v) is 3.87. The van der Waals surface area contributed by atoms with Gasteiger partial charge in [0, 0.05) is 30.4 Å². The zero-order valence-corrected chi connectivity index (χ0v) is 18.4. The lowest BCUT2D eigenvalue weighted by Gasteiger charge is -2.28. The van der Waals surface area contributed by atoms with Crippen LogP contribution in [-0.4, -0.2) is 34.3 Å². The zero-order chi connectivity index (χ0) is 17.2. The van der Waals surface area contributed by atoms with Gasteiger partial charge in [-0.3, -0.25) is 4.99 Å². The number of hydrogen-bond acceptors (Lipinski definition) is 4. The number of nitrogens with zero attached hydrogens (tertiary/aromatic N) is 4. The van der Waals surface area contributed by atoms with Crippen LogP contribution in [0.3, 0.4) is 0 Å². The fourth-order valence-electron chi connectivity index (χ4n) is 3.02. The fraction of sp³-hybridized carbons (Fsp3) is 0.588. The molecule has 0 fully saturated rings. The number of hydrogen-bond donors (Lipinski definition) is 2. The first-order valence-corrected chi connectivity index (χ1v) is 9.30. The molecule has 1 aliphatic heterocycles. The first kappa shape index (κ1) is 20.2. The van der Waals surface area contributed by atoms with Crippen LogP contribution in [0.15, 0.2) is 22.5 Å². The maximum Gasteiger partial charge on any atom is 0.191 e. The second-order valence-corrected chi connectivity index (χ2v) is 7.81. The average Bonchev–Trinajstić information content (AvgIpc) is 3.20. The molecule has 0 aromatic carbocycles. The number of aryl methyl sites for hydroxylation is 2. The van der Waals surface area contributed by atoms with Crippen molar-refractivity contribution in [2.75, 3.05) is 13.6 Å². The van der Waals surface area contributed by atoms with E-state index < -0.39 is 0 Å². The number of aromatic nitrogens is 3. The molecule has 0 aliphatic carbocycles. The SMILES string of the molecule is CN=C(NCC(C)(C)c1cccs1)NC1CCCn2nc(C)nc21.I. The molecule has 25 heavy (non-hydrogen) atoms. The Morgan fingerprint density at radius 1 is 1.48 bits per heavy atom. The summed E-state index contributed by atoms with van der Waals surface area (Å²) in [6, 6.07) is 4.46. The van der Waals surface area contributed by atoms with Crippen LogP contribution in [0.5, 0.6) is 0 Å². The van der Waals surface area contributed by atoms with Crippen LogP contribution in [-0.2, 0) is 12.0 Å². The number of aliphatic imine (C=N–C) groups is 1. The quantitative estimate of drug-likeness (QED) is 0.406. The Morgan fingerprint density at radius 3 is 2.96 bits per heavy atom. The highest BCUT2D eigenvalue weighted by Gasteiger charge is 2.26. The molecule has 2 aromatic heterocycles. The highest BCUT2D eigenvalue weighted by Crippen LogP contribution is 2.27. The first-order valence-electron chi connectivity index (χ1n) is 8.42. The molecule has 8 heteroatoms. The second kappa shape index (κ2) is 8.48. The van der Waals surface area contributed by atoms with E-state index in [0.29, 0.717) is 0 Å². The van der Waals surface area contributed by atoms with E-state index in [1.165, 1.54) is 4.88 Å². The van der Waals surface area contributed by atoms with Crippen LogP contribution >= 0.6 is 35.3 Å². The Bertz CT molecular complexity index is 707. The van der Waals surface area contributed by atoms with Crippen LogP contribution < -0.4 is 10.6 Å². The van der Waals surface area contributed by atoms with Crippen molar-refractivity contribution in [3.8, 4) is 0 Å². The van der Waals surface area contributed by atoms with E-state index in [1.807, 2.05) is 18.7 Å². The van der Waals surface area contributed by atoms with Crippen LogP contribution in [0, 0.1) is 6.92 Å². The monoisotopic (exact) mass is 474 g/mol. The Labute approximate surface area is 170 Å². The minimum absolute atomic E-state index is 0. The Hall–Kier alpha value is -1.16. The van der Waals surface area contributed by atoms with Crippen molar-refractivity contribution in [2.24, 2.45) is 4.99 Å². The number of rotatable bonds is 4. The smallest absolute Gasteiger partial charge is 0.191 e. The van der Waals surface area contributed by atoms with Crippen molar-refractivity contribution in [1.29, 1.82) is 0 Å². The second-order valence-electron chi connectivity index (χ2n) is 6.87. The number of nitrogens with one attached hydrogen (secondary N) is 2. The minimum Gasteiger partial charge on any atom is -0.355 e. The molecule has 3 heterocycles. The molecule has 0 saturated heterocycles. The molecule has 2 N–H and O–H groups in total. The van der Waals surface area contributed by atoms with Gasteiger partial charge in [-0.05, 0) is 31.2 Å². The summed E-state index contributed by atoms with van der Waals surface area (Å²) in [7, 11) is 1.81. The van der Waals surface area contributed by atoms with Gasteiger partial charge in [-0.2, -0.15) is 5.10 Å². The summed E-state index contributed by atoms with van der Waals surface area (Å²) in [6.07, 6.45) is 2.15. The summed E-state index contributed by atoms with van der Waals surface area (Å²) in [5.41, 5.74) is 0.0644. The van der Waals surface area contributed by atoms with Crippen molar-refractivity contribution in [2.45, 2.75) is 51.6 Å². The molecule has 0 saturated carbocycles. The molecule has 0 amide bonds. The molecular formula is C17H27IN6S. The minimum atomic E-state index is 0. The van der Waals surface area contributed by atoms with Crippen LogP contribution in [0.25, 0.3) is 0 Å². The molecule has 6 nitrogen and oxygen atoms in total. The van der Waals surface area contributed by atoms with Gasteiger partial charge >= 0.3 is 0 Å². The van der Waals surface area contributed by atoms with Crippen LogP contribution in [0.2, 0.25) is 0 Å². The summed E-state index contributed by atoms with van der Waals surface area (Å²) in [5, 5.41) is 13.6. The van der Waals surface area contributed by atoms with E-state index in [-0.39, 0.29) is 35.4 Å². The van der Waals surface area contributed by atoms with E-state index >= 15 is 0 Å². The van der Waals surface area contributed by atoms with Gasteiger partial charge in [-0.25, -0.2) is 9.67 Å². The lowest BCUT2D eigenvalue weighted by atomic mass is 9.91. The topological polar surface area (TPSA) is 67.1 Å². The largest absolute Gasteiger partial charge is 0.355 e. The lowest BCUT2D eigenvalue weighted by Crippen LogP contribution is -2.45. The van der Waals surface area contributed by atoms with E-state index in [0.717, 1.165) is 43.5 Å². The highest BCUT2D eigenvalue weighted by atomic mass is 127. The Kier molecular flexibility index (Phi) is 6.84. The summed E-state index contributed by atoms with van der Waals surface area (Å²) >= 11 is 1.80. The van der Waals surface area contributed by atoms with E-state index in [1.54, 1.807) is 11.3 Å². The molecule has 0 bridgehead atoms. The Balaban J connectivity index is 0.00000225. The van der Waals surface area contributed by atoms with E-state index in [9.17, 15) is 0 Å². The van der Waals surface area contributed by atoms with Gasteiger partial charge in [0.15, 0.2) is 5.96 Å². The maximum absolute atomic E-state index is 4.58. The maximum atomic E-state index is 4.58.